The molecular formula is C30H38Cl2N4O4. The highest BCUT2D eigenvalue weighted by Crippen LogP contribution is 2.34. The summed E-state index contributed by atoms with van der Waals surface area (Å²) in [7, 11) is 1.63. The Morgan fingerprint density at radius 3 is 2.38 bits per heavy atom. The van der Waals surface area contributed by atoms with Crippen LogP contribution in [0.5, 0.6) is 5.75 Å². The van der Waals surface area contributed by atoms with Gasteiger partial charge in [0.15, 0.2) is 0 Å². The number of hydrogen-bond donors (Lipinski definition) is 3. The lowest BCUT2D eigenvalue weighted by Gasteiger charge is -2.31. The monoisotopic (exact) mass is 588 g/mol. The average molecular weight is 590 g/mol. The molecule has 4 rings (SSSR count). The number of hydrogen-bond acceptors (Lipinski definition) is 5. The highest BCUT2D eigenvalue weighted by atomic mass is 35.5. The fourth-order valence-corrected chi connectivity index (χ4v) is 5.13. The van der Waals surface area contributed by atoms with Gasteiger partial charge in [0.05, 0.1) is 6.04 Å². The molecule has 1 saturated carbocycles. The fourth-order valence-electron chi connectivity index (χ4n) is 4.84. The van der Waals surface area contributed by atoms with Crippen LogP contribution in [-0.2, 0) is 27.2 Å². The van der Waals surface area contributed by atoms with E-state index in [0.29, 0.717) is 48.1 Å². The van der Waals surface area contributed by atoms with Crippen LogP contribution in [0.1, 0.15) is 44.2 Å². The van der Waals surface area contributed by atoms with Gasteiger partial charge >= 0.3 is 0 Å². The normalized spacial score (nSPS) is 25.6. The highest BCUT2D eigenvalue weighted by molar-refractivity contribution is 6.31. The Balaban J connectivity index is 1.58. The molecule has 0 saturated heterocycles. The first kappa shape index (κ1) is 30.2. The molecular weight excluding hydrogens is 551 g/mol. The molecule has 40 heavy (non-hydrogen) atoms. The van der Waals surface area contributed by atoms with Crippen LogP contribution in [0, 0.1) is 5.92 Å². The van der Waals surface area contributed by atoms with Crippen molar-refractivity contribution in [2.45, 2.75) is 70.2 Å². The molecule has 0 unspecified atom stereocenters. The Hall–Kier alpha value is -2.81. The molecule has 0 radical (unpaired) electrons. The highest BCUT2D eigenvalue weighted by Gasteiger charge is 2.39. The summed E-state index contributed by atoms with van der Waals surface area (Å²) in [6.07, 6.45) is 3.33. The molecule has 1 aliphatic carbocycles. The number of halogens is 2. The zero-order valence-corrected chi connectivity index (χ0v) is 24.7. The number of fused-ring (bicyclic) bond motifs is 1. The maximum atomic E-state index is 13.5. The third-order valence-electron chi connectivity index (χ3n) is 7.56. The molecule has 0 aromatic heterocycles. The zero-order chi connectivity index (χ0) is 28.8. The van der Waals surface area contributed by atoms with Gasteiger partial charge in [-0.15, -0.1) is 0 Å². The summed E-state index contributed by atoms with van der Waals surface area (Å²) >= 11 is 12.3. The van der Waals surface area contributed by atoms with Gasteiger partial charge in [0.25, 0.3) is 0 Å². The van der Waals surface area contributed by atoms with Crippen LogP contribution in [0.25, 0.3) is 0 Å². The van der Waals surface area contributed by atoms with E-state index in [1.54, 1.807) is 32.2 Å². The number of amides is 3. The summed E-state index contributed by atoms with van der Waals surface area (Å²) in [5.74, 6) is 0.0865. The predicted octanol–water partition coefficient (Wildman–Crippen LogP) is 3.77. The molecule has 8 nitrogen and oxygen atoms in total. The van der Waals surface area contributed by atoms with Gasteiger partial charge in [-0.2, -0.15) is 0 Å². The van der Waals surface area contributed by atoms with Gasteiger partial charge in [0.2, 0.25) is 17.7 Å². The van der Waals surface area contributed by atoms with Crippen molar-refractivity contribution in [2.24, 2.45) is 5.92 Å². The van der Waals surface area contributed by atoms with E-state index in [0.717, 1.165) is 24.0 Å². The topological polar surface area (TPSA) is 99.8 Å². The number of nitrogens with one attached hydrogen (secondary N) is 3. The maximum absolute atomic E-state index is 13.5. The van der Waals surface area contributed by atoms with Crippen molar-refractivity contribution in [2.75, 3.05) is 20.1 Å². The number of nitrogens with zero attached hydrogens (tertiary/aromatic N) is 1. The summed E-state index contributed by atoms with van der Waals surface area (Å²) in [6.45, 7) is 4.51. The first-order chi connectivity index (χ1) is 19.1. The van der Waals surface area contributed by atoms with E-state index in [1.807, 2.05) is 31.2 Å². The van der Waals surface area contributed by atoms with Gasteiger partial charge in [0, 0.05) is 36.6 Å². The number of carbonyl (C=O) groups excluding carboxylic acids is 3. The number of aryl methyl sites for hydroxylation is 1. The minimum absolute atomic E-state index is 0.152. The quantitative estimate of drug-likeness (QED) is 0.507. The molecule has 3 N–H and O–H groups in total. The Kier molecular flexibility index (Phi) is 10.3. The van der Waals surface area contributed by atoms with Crippen LogP contribution < -0.4 is 20.7 Å². The second-order valence-electron chi connectivity index (χ2n) is 10.8. The van der Waals surface area contributed by atoms with Crippen LogP contribution in [0.15, 0.2) is 42.5 Å². The third-order valence-corrected chi connectivity index (χ3v) is 8.05. The van der Waals surface area contributed by atoms with E-state index in [-0.39, 0.29) is 29.7 Å². The van der Waals surface area contributed by atoms with Gasteiger partial charge in [0.1, 0.15) is 23.9 Å². The zero-order valence-electron chi connectivity index (χ0n) is 23.2. The first-order valence-corrected chi connectivity index (χ1v) is 14.7. The Morgan fingerprint density at radius 1 is 0.975 bits per heavy atom. The van der Waals surface area contributed by atoms with E-state index in [1.165, 1.54) is 4.90 Å². The molecule has 10 heteroatoms. The lowest BCUT2D eigenvalue weighted by Crippen LogP contribution is -2.57. The van der Waals surface area contributed by atoms with Gasteiger partial charge in [-0.05, 0) is 80.8 Å². The number of benzene rings is 2. The van der Waals surface area contributed by atoms with E-state index in [9.17, 15) is 14.4 Å². The molecule has 0 bridgehead atoms. The summed E-state index contributed by atoms with van der Waals surface area (Å²) in [5.41, 5.74) is 1.85. The predicted molar refractivity (Wildman–Crippen MR) is 157 cm³/mol. The molecule has 2 aliphatic rings. The lowest BCUT2D eigenvalue weighted by molar-refractivity contribution is -0.141. The molecule has 4 atom stereocenters. The van der Waals surface area contributed by atoms with Crippen molar-refractivity contribution in [3.8, 4) is 5.75 Å². The average Bonchev–Trinajstić information content (AvgIpc) is 3.76. The number of rotatable bonds is 3. The van der Waals surface area contributed by atoms with Crippen LogP contribution >= 0.6 is 23.2 Å². The number of ether oxygens (including phenoxy) is 1. The maximum Gasteiger partial charge on any atom is 0.243 e. The molecule has 1 aliphatic heterocycles. The minimum Gasteiger partial charge on any atom is -0.489 e. The van der Waals surface area contributed by atoms with Crippen molar-refractivity contribution in [1.82, 2.24) is 20.9 Å². The van der Waals surface area contributed by atoms with Crippen LogP contribution in [-0.4, -0.2) is 67.0 Å². The van der Waals surface area contributed by atoms with E-state index in [4.69, 9.17) is 27.9 Å². The van der Waals surface area contributed by atoms with Gasteiger partial charge in [-0.25, -0.2) is 0 Å². The molecule has 2 aromatic rings. The second-order valence-corrected chi connectivity index (χ2v) is 11.7. The number of carbonyl (C=O) groups is 3. The van der Waals surface area contributed by atoms with E-state index in [2.05, 4.69) is 16.0 Å². The standard InChI is InChI=1S/C30H38Cl2N4O4/c1-18-17-34-27(22-8-9-22)30(39)36(3)19(2)28(37)35-25(15-20-6-11-23(31)12-7-20)29(38)33-14-4-5-21-10-13-24(32)16-26(21)40-18/h6-7,10-13,16,18-19,22,25,27,34H,4-5,8-9,14-15,17H2,1-3H3,(H,33,38)(H,35,37)/t18-,19-,25-,27+/m1/s1. The second kappa shape index (κ2) is 13.7. The summed E-state index contributed by atoms with van der Waals surface area (Å²) in [4.78, 5) is 41.6. The largest absolute Gasteiger partial charge is 0.489 e. The van der Waals surface area contributed by atoms with Crippen molar-refractivity contribution in [3.63, 3.8) is 0 Å². The first-order valence-electron chi connectivity index (χ1n) is 13.9. The van der Waals surface area contributed by atoms with E-state index < -0.39 is 18.1 Å². The van der Waals surface area contributed by atoms with Gasteiger partial charge in [-0.3, -0.25) is 14.4 Å². The summed E-state index contributed by atoms with van der Waals surface area (Å²) in [5, 5.41) is 10.4. The molecule has 0 spiro atoms. The fraction of sp³-hybridized carbons (Fsp3) is 0.500. The smallest absolute Gasteiger partial charge is 0.243 e. The third kappa shape index (κ3) is 8.12. The van der Waals surface area contributed by atoms with Crippen molar-refractivity contribution < 1.29 is 19.1 Å². The van der Waals surface area contributed by atoms with Crippen molar-refractivity contribution in [1.29, 1.82) is 0 Å². The van der Waals surface area contributed by atoms with Crippen LogP contribution in [0.4, 0.5) is 0 Å². The van der Waals surface area contributed by atoms with Crippen LogP contribution in [0.3, 0.4) is 0 Å². The number of likely N-dealkylation sites (N-methyl/N-ethyl adjacent to an activating group) is 1. The van der Waals surface area contributed by atoms with E-state index >= 15 is 0 Å². The molecule has 1 fully saturated rings. The van der Waals surface area contributed by atoms with Gasteiger partial charge < -0.3 is 25.6 Å². The van der Waals surface area contributed by atoms with Crippen LogP contribution in [0.2, 0.25) is 10.0 Å². The molecule has 2 aromatic carbocycles. The Morgan fingerprint density at radius 2 is 1.68 bits per heavy atom. The SMILES string of the molecule is C[C@@H]1CN[C@@H](C2CC2)C(=O)N(C)[C@H](C)C(=O)N[C@H](Cc2ccc(Cl)cc2)C(=O)NCCCc2ccc(Cl)cc2O1. The lowest BCUT2D eigenvalue weighted by atomic mass is 10.0. The molecule has 3 amide bonds. The molecule has 216 valence electrons. The molecule has 1 heterocycles. The Labute approximate surface area is 246 Å². The Bertz CT molecular complexity index is 1200. The van der Waals surface area contributed by atoms with Gasteiger partial charge in [-0.1, -0.05) is 41.4 Å². The minimum atomic E-state index is -0.814. The summed E-state index contributed by atoms with van der Waals surface area (Å²) in [6, 6.07) is 10.8. The van der Waals surface area contributed by atoms with Crippen molar-refractivity contribution >= 4 is 40.9 Å². The van der Waals surface area contributed by atoms with Crippen molar-refractivity contribution in [3.05, 3.63) is 63.6 Å². The summed E-state index contributed by atoms with van der Waals surface area (Å²) < 4.78 is 6.25.